The third kappa shape index (κ3) is 4.75. The molecule has 8 rings (SSSR count). The van der Waals surface area contributed by atoms with E-state index in [4.69, 9.17) is 14.4 Å². The van der Waals surface area contributed by atoms with Gasteiger partial charge in [-0.05, 0) is 67.0 Å². The topological polar surface area (TPSA) is 42.3 Å². The van der Waals surface area contributed by atoms with Gasteiger partial charge in [0, 0.05) is 44.8 Å². The average Bonchev–Trinajstić information content (AvgIpc) is 3.70. The van der Waals surface area contributed by atoms with E-state index in [1.807, 2.05) is 24.3 Å². The Hall–Kier alpha value is -4.09. The smallest absolute Gasteiger partial charge is 0.227 e. The Morgan fingerprint density at radius 1 is 0.911 bits per heavy atom. The summed E-state index contributed by atoms with van der Waals surface area (Å²) in [6.45, 7) is 16.3. The van der Waals surface area contributed by atoms with Crippen molar-refractivity contribution in [3.63, 3.8) is 0 Å². The third-order valence-corrected chi connectivity index (χ3v) is 12.6. The van der Waals surface area contributed by atoms with Gasteiger partial charge in [0.15, 0.2) is 12.2 Å². The van der Waals surface area contributed by atoms with Crippen molar-refractivity contribution >= 4 is 41.0 Å². The number of hydrogen-bond donors (Lipinski definition) is 0. The van der Waals surface area contributed by atoms with Crippen LogP contribution < -0.4 is 9.75 Å². The summed E-state index contributed by atoms with van der Waals surface area (Å²) in [6.07, 6.45) is 12.4. The highest BCUT2D eigenvalue weighted by molar-refractivity contribution is 6.89. The highest BCUT2D eigenvalue weighted by Crippen LogP contribution is 2.45. The van der Waals surface area contributed by atoms with Crippen molar-refractivity contribution in [2.75, 3.05) is 0 Å². The zero-order valence-electron chi connectivity index (χ0n) is 26.8. The van der Waals surface area contributed by atoms with Crippen molar-refractivity contribution in [2.24, 2.45) is 4.99 Å². The molecule has 2 unspecified atom stereocenters. The number of furan rings is 1. The number of hydrogen-bond acceptors (Lipinski definition) is 3. The molecule has 5 heterocycles. The minimum Gasteiger partial charge on any atom is -0.438 e. The number of aliphatic imine (C=N–C) groups is 1. The first-order chi connectivity index (χ1) is 21.8. The molecule has 3 aromatic heterocycles. The second-order valence-corrected chi connectivity index (χ2v) is 19.4. The number of benzene rings is 2. The molecule has 0 N–H and O–H groups in total. The second kappa shape index (κ2) is 10.8. The standard InChI is InChI=1S/C40H42N3OSi/c1-6-34-33-22-32-30-17-11-12-18-38(30)44-40(32)42-35(33)20-19-29-27-15-9-10-16-28(27)37-23-31(26-13-7-8-14-26)39(45(3,4)5)24-43(37)36(29)21-25(2)41-34/h6,9-12,15-18,22-24,26,29,36H,1-2,7-8,13-14,19-21H2,3-5H3/q+1/b41-34-. The Balaban J connectivity index is 1.31. The molecule has 0 bridgehead atoms. The minimum absolute atomic E-state index is 0.224. The summed E-state index contributed by atoms with van der Waals surface area (Å²) in [4.78, 5) is 10.3. The van der Waals surface area contributed by atoms with Crippen LogP contribution in [0.2, 0.25) is 19.6 Å². The van der Waals surface area contributed by atoms with Crippen LogP contribution in [0.5, 0.6) is 0 Å². The van der Waals surface area contributed by atoms with E-state index in [1.54, 1.807) is 10.8 Å². The molecule has 0 radical (unpaired) electrons. The Kier molecular flexibility index (Phi) is 6.79. The first-order valence-electron chi connectivity index (χ1n) is 16.7. The number of aromatic nitrogens is 2. The normalized spacial score (nSPS) is 21.5. The van der Waals surface area contributed by atoms with E-state index in [-0.39, 0.29) is 6.04 Å². The maximum Gasteiger partial charge on any atom is 0.227 e. The zero-order valence-corrected chi connectivity index (χ0v) is 27.8. The lowest BCUT2D eigenvalue weighted by Gasteiger charge is -2.33. The fraction of sp³-hybridized carbons (Fsp3) is 0.325. The fourth-order valence-electron chi connectivity index (χ4n) is 8.38. The number of rotatable bonds is 3. The molecule has 0 amide bonds. The predicted molar refractivity (Wildman–Crippen MR) is 188 cm³/mol. The van der Waals surface area contributed by atoms with Gasteiger partial charge in [0.1, 0.15) is 5.58 Å². The predicted octanol–water partition coefficient (Wildman–Crippen LogP) is 9.30. The zero-order chi connectivity index (χ0) is 30.9. The SMILES string of the molecule is C=C/C1=N/C(=C)CC2C(CCc3nc4oc5ccccc5c4cc31)c1ccccc1-c1cc(C3CCCC3)c([Si](C)(C)C)c[n+]12. The van der Waals surface area contributed by atoms with Gasteiger partial charge >= 0.3 is 0 Å². The van der Waals surface area contributed by atoms with Crippen LogP contribution in [0.1, 0.15) is 78.8 Å². The third-order valence-electron chi connectivity index (χ3n) is 10.5. The lowest BCUT2D eigenvalue weighted by molar-refractivity contribution is -0.717. The van der Waals surface area contributed by atoms with Crippen LogP contribution >= 0.6 is 0 Å². The van der Waals surface area contributed by atoms with E-state index in [0.717, 1.165) is 58.3 Å². The summed E-state index contributed by atoms with van der Waals surface area (Å²) in [5, 5.41) is 3.71. The number of pyridine rings is 2. The summed E-state index contributed by atoms with van der Waals surface area (Å²) < 4.78 is 8.88. The van der Waals surface area contributed by atoms with Gasteiger partial charge in [-0.1, -0.05) is 82.0 Å². The molecule has 45 heavy (non-hydrogen) atoms. The number of allylic oxidation sites excluding steroid dienone is 2. The van der Waals surface area contributed by atoms with Gasteiger partial charge in [-0.2, -0.15) is 4.57 Å². The fourth-order valence-corrected chi connectivity index (χ4v) is 10.1. The van der Waals surface area contributed by atoms with Gasteiger partial charge in [-0.3, -0.25) is 4.99 Å². The van der Waals surface area contributed by atoms with Crippen LogP contribution in [0.25, 0.3) is 33.3 Å². The molecule has 226 valence electrons. The molecular formula is C40H42N3OSi+. The Labute approximate surface area is 267 Å². The van der Waals surface area contributed by atoms with E-state index in [0.29, 0.717) is 17.5 Å². The molecule has 0 saturated heterocycles. The van der Waals surface area contributed by atoms with Gasteiger partial charge in [0.05, 0.1) is 25.9 Å². The maximum atomic E-state index is 6.25. The lowest BCUT2D eigenvalue weighted by atomic mass is 9.77. The summed E-state index contributed by atoms with van der Waals surface area (Å²) >= 11 is 0. The van der Waals surface area contributed by atoms with Gasteiger partial charge in [-0.15, -0.1) is 0 Å². The lowest BCUT2D eigenvalue weighted by Crippen LogP contribution is -2.54. The second-order valence-electron chi connectivity index (χ2n) is 14.4. The number of fused-ring (bicyclic) bond motifs is 10. The van der Waals surface area contributed by atoms with Crippen molar-refractivity contribution in [2.45, 2.75) is 82.5 Å². The molecule has 5 aromatic rings. The molecule has 2 aromatic carbocycles. The molecular weight excluding hydrogens is 567 g/mol. The molecule has 5 heteroatoms. The Morgan fingerprint density at radius 2 is 1.69 bits per heavy atom. The highest BCUT2D eigenvalue weighted by Gasteiger charge is 2.43. The van der Waals surface area contributed by atoms with Crippen molar-refractivity contribution < 1.29 is 8.98 Å². The first-order valence-corrected chi connectivity index (χ1v) is 20.2. The van der Waals surface area contributed by atoms with Crippen molar-refractivity contribution in [3.05, 3.63) is 114 Å². The van der Waals surface area contributed by atoms with E-state index >= 15 is 0 Å². The van der Waals surface area contributed by atoms with Crippen LogP contribution in [-0.2, 0) is 6.42 Å². The summed E-state index contributed by atoms with van der Waals surface area (Å²) in [5.41, 5.74) is 11.1. The molecule has 2 atom stereocenters. The number of nitrogens with zero attached hydrogens (tertiary/aromatic N) is 3. The summed E-state index contributed by atoms with van der Waals surface area (Å²) in [5.74, 6) is 0.989. The van der Waals surface area contributed by atoms with E-state index in [9.17, 15) is 0 Å². The Bertz CT molecular complexity index is 2040. The summed E-state index contributed by atoms with van der Waals surface area (Å²) in [7, 11) is -1.62. The number of para-hydroxylation sites is 1. The van der Waals surface area contributed by atoms with Crippen molar-refractivity contribution in [1.29, 1.82) is 0 Å². The maximum absolute atomic E-state index is 6.25. The van der Waals surface area contributed by atoms with Crippen molar-refractivity contribution in [3.8, 4) is 11.3 Å². The molecule has 1 fully saturated rings. The Morgan fingerprint density at radius 3 is 2.49 bits per heavy atom. The van der Waals surface area contributed by atoms with Gasteiger partial charge in [0.2, 0.25) is 11.4 Å². The van der Waals surface area contributed by atoms with Gasteiger partial charge in [0.25, 0.3) is 0 Å². The van der Waals surface area contributed by atoms with E-state index in [1.165, 1.54) is 42.5 Å². The van der Waals surface area contributed by atoms with Gasteiger partial charge < -0.3 is 4.42 Å². The number of aryl methyl sites for hydroxylation is 1. The molecule has 2 aliphatic heterocycles. The highest BCUT2D eigenvalue weighted by atomic mass is 28.3. The van der Waals surface area contributed by atoms with Crippen LogP contribution in [0.3, 0.4) is 0 Å². The molecule has 1 saturated carbocycles. The largest absolute Gasteiger partial charge is 0.438 e. The molecule has 1 aliphatic carbocycles. The van der Waals surface area contributed by atoms with Crippen LogP contribution in [-0.4, -0.2) is 18.8 Å². The van der Waals surface area contributed by atoms with Crippen LogP contribution in [0.15, 0.2) is 101 Å². The monoisotopic (exact) mass is 608 g/mol. The molecule has 3 aliphatic rings. The van der Waals surface area contributed by atoms with E-state index < -0.39 is 8.07 Å². The molecule has 4 nitrogen and oxygen atoms in total. The quantitative estimate of drug-likeness (QED) is 0.151. The van der Waals surface area contributed by atoms with Crippen molar-refractivity contribution in [1.82, 2.24) is 4.98 Å². The van der Waals surface area contributed by atoms with E-state index in [2.05, 4.69) is 86.0 Å². The van der Waals surface area contributed by atoms with Gasteiger partial charge in [-0.25, -0.2) is 4.98 Å². The van der Waals surface area contributed by atoms with Crippen LogP contribution in [0, 0.1) is 0 Å². The minimum atomic E-state index is -1.62. The van der Waals surface area contributed by atoms with Crippen LogP contribution in [0.4, 0.5) is 0 Å². The first kappa shape index (κ1) is 28.4. The average molecular weight is 609 g/mol. The molecule has 0 spiro atoms. The summed E-state index contributed by atoms with van der Waals surface area (Å²) in [6, 6.07) is 22.3.